The number of ether oxygens (including phenoxy) is 1. The molecule has 0 bridgehead atoms. The second-order valence-corrected chi connectivity index (χ2v) is 6.25. The number of hydrogen-bond donors (Lipinski definition) is 0. The van der Waals surface area contributed by atoms with Crippen molar-refractivity contribution in [1.82, 2.24) is 4.98 Å². The molecule has 0 fully saturated rings. The monoisotopic (exact) mass is 347 g/mol. The van der Waals surface area contributed by atoms with Gasteiger partial charge in [-0.1, -0.05) is 24.4 Å². The van der Waals surface area contributed by atoms with E-state index in [-0.39, 0.29) is 5.38 Å². The van der Waals surface area contributed by atoms with Crippen molar-refractivity contribution in [2.45, 2.75) is 32.6 Å². The van der Waals surface area contributed by atoms with Crippen LogP contribution in [-0.2, 0) is 0 Å². The van der Waals surface area contributed by atoms with Crippen molar-refractivity contribution in [3.05, 3.63) is 46.2 Å². The van der Waals surface area contributed by atoms with E-state index < -0.39 is 0 Å². The first-order valence-electron chi connectivity index (χ1n) is 7.45. The van der Waals surface area contributed by atoms with Crippen LogP contribution >= 0.6 is 23.2 Å². The number of alkyl halides is 1. The Kier molecular flexibility index (Phi) is 5.93. The Morgan fingerprint density at radius 3 is 2.61 bits per heavy atom. The lowest BCUT2D eigenvalue weighted by atomic mass is 9.96. The van der Waals surface area contributed by atoms with E-state index in [0.29, 0.717) is 5.02 Å². The normalized spacial score (nSPS) is 11.6. The van der Waals surface area contributed by atoms with Gasteiger partial charge in [0.2, 0.25) is 0 Å². The molecule has 1 atom stereocenters. The molecule has 0 aliphatic heterocycles. The second-order valence-electron chi connectivity index (χ2n) is 5.18. The maximum Gasteiger partial charge on any atom is 0.131 e. The molecule has 0 amide bonds. The lowest BCUT2D eigenvalue weighted by molar-refractivity contribution is 0.411. The summed E-state index contributed by atoms with van der Waals surface area (Å²) in [5.74, 6) is 6.77. The molecule has 120 valence electrons. The number of methoxy groups -OCH3 is 1. The first-order chi connectivity index (χ1) is 11.0. The van der Waals surface area contributed by atoms with E-state index in [1.165, 1.54) is 0 Å². The largest absolute Gasteiger partial charge is 0.496 e. The Labute approximate surface area is 147 Å². The standard InChI is InChI=1S/C19H19Cl2NO/c1-5-6-7-15-9-8-14(11-22-15)18-12(2)17(21)10-16(13(3)20)19(18)23-4/h8-11,13H,5H2,1-4H3. The first-order valence-corrected chi connectivity index (χ1v) is 8.27. The number of nitrogens with zero attached hydrogens (tertiary/aromatic N) is 1. The van der Waals surface area contributed by atoms with Crippen LogP contribution in [0, 0.1) is 18.8 Å². The van der Waals surface area contributed by atoms with Gasteiger partial charge in [-0.3, -0.25) is 0 Å². The van der Waals surface area contributed by atoms with E-state index in [2.05, 4.69) is 16.8 Å². The van der Waals surface area contributed by atoms with Crippen molar-refractivity contribution in [3.8, 4) is 28.7 Å². The van der Waals surface area contributed by atoms with Gasteiger partial charge < -0.3 is 4.74 Å². The Bertz CT molecular complexity index is 756. The summed E-state index contributed by atoms with van der Waals surface area (Å²) in [5, 5.41) is 0.461. The molecule has 2 nitrogen and oxygen atoms in total. The van der Waals surface area contributed by atoms with Gasteiger partial charge in [-0.25, -0.2) is 4.98 Å². The number of hydrogen-bond acceptors (Lipinski definition) is 2. The highest BCUT2D eigenvalue weighted by Gasteiger charge is 2.19. The van der Waals surface area contributed by atoms with Gasteiger partial charge in [0.15, 0.2) is 0 Å². The Morgan fingerprint density at radius 2 is 2.09 bits per heavy atom. The Morgan fingerprint density at radius 1 is 1.35 bits per heavy atom. The van der Waals surface area contributed by atoms with Crippen LogP contribution in [0.2, 0.25) is 5.02 Å². The molecule has 2 rings (SSSR count). The summed E-state index contributed by atoms with van der Waals surface area (Å²) < 4.78 is 5.62. The molecule has 0 N–H and O–H groups in total. The van der Waals surface area contributed by atoms with Crippen LogP contribution in [0.1, 0.15) is 42.5 Å². The topological polar surface area (TPSA) is 22.1 Å². The van der Waals surface area contributed by atoms with Crippen molar-refractivity contribution >= 4 is 23.2 Å². The quantitative estimate of drug-likeness (QED) is 0.518. The van der Waals surface area contributed by atoms with Crippen LogP contribution in [0.25, 0.3) is 11.1 Å². The predicted molar refractivity (Wildman–Crippen MR) is 97.4 cm³/mol. The maximum absolute atomic E-state index is 6.38. The van der Waals surface area contributed by atoms with Crippen LogP contribution in [0.3, 0.4) is 0 Å². The second kappa shape index (κ2) is 7.73. The summed E-state index contributed by atoms with van der Waals surface area (Å²) in [6.07, 6.45) is 2.60. The average Bonchev–Trinajstić information content (AvgIpc) is 2.55. The van der Waals surface area contributed by atoms with Crippen LogP contribution in [0.15, 0.2) is 24.4 Å². The van der Waals surface area contributed by atoms with E-state index in [0.717, 1.165) is 40.1 Å². The number of rotatable bonds is 3. The predicted octanol–water partition coefficient (Wildman–Crippen LogP) is 5.78. The van der Waals surface area contributed by atoms with Crippen LogP contribution in [0.4, 0.5) is 0 Å². The molecule has 1 unspecified atom stereocenters. The van der Waals surface area contributed by atoms with Crippen molar-refractivity contribution in [2.75, 3.05) is 7.11 Å². The molecule has 0 saturated heterocycles. The van der Waals surface area contributed by atoms with Crippen molar-refractivity contribution < 1.29 is 4.74 Å². The van der Waals surface area contributed by atoms with Gasteiger partial charge in [-0.05, 0) is 43.5 Å². The minimum atomic E-state index is -0.204. The average molecular weight is 348 g/mol. The summed E-state index contributed by atoms with van der Waals surface area (Å²) in [7, 11) is 1.64. The van der Waals surface area contributed by atoms with Crippen molar-refractivity contribution in [1.29, 1.82) is 0 Å². The zero-order valence-corrected chi connectivity index (χ0v) is 15.2. The third kappa shape index (κ3) is 3.80. The van der Waals surface area contributed by atoms with Gasteiger partial charge in [0.25, 0.3) is 0 Å². The van der Waals surface area contributed by atoms with Crippen molar-refractivity contribution in [3.63, 3.8) is 0 Å². The molecule has 1 heterocycles. The minimum Gasteiger partial charge on any atom is -0.496 e. The molecule has 1 aromatic heterocycles. The lowest BCUT2D eigenvalue weighted by Crippen LogP contribution is -1.99. The van der Waals surface area contributed by atoms with E-state index in [1.807, 2.05) is 39.0 Å². The van der Waals surface area contributed by atoms with Gasteiger partial charge in [0, 0.05) is 34.3 Å². The van der Waals surface area contributed by atoms with E-state index in [1.54, 1.807) is 13.3 Å². The zero-order valence-electron chi connectivity index (χ0n) is 13.7. The smallest absolute Gasteiger partial charge is 0.131 e. The molecular weight excluding hydrogens is 329 g/mol. The maximum atomic E-state index is 6.38. The van der Waals surface area contributed by atoms with Crippen LogP contribution in [-0.4, -0.2) is 12.1 Å². The molecule has 0 spiro atoms. The molecule has 1 aromatic carbocycles. The van der Waals surface area contributed by atoms with Gasteiger partial charge in [0.05, 0.1) is 12.5 Å². The highest BCUT2D eigenvalue weighted by atomic mass is 35.5. The lowest BCUT2D eigenvalue weighted by Gasteiger charge is -2.19. The highest BCUT2D eigenvalue weighted by Crippen LogP contribution is 2.43. The zero-order chi connectivity index (χ0) is 17.0. The molecule has 4 heteroatoms. The van der Waals surface area contributed by atoms with E-state index in [4.69, 9.17) is 27.9 Å². The van der Waals surface area contributed by atoms with Crippen LogP contribution in [0.5, 0.6) is 5.75 Å². The summed E-state index contributed by atoms with van der Waals surface area (Å²) in [6, 6.07) is 5.75. The highest BCUT2D eigenvalue weighted by molar-refractivity contribution is 6.32. The fourth-order valence-corrected chi connectivity index (χ4v) is 2.78. The number of benzene rings is 1. The number of halogens is 2. The van der Waals surface area contributed by atoms with Crippen molar-refractivity contribution in [2.24, 2.45) is 0 Å². The number of aromatic nitrogens is 1. The number of pyridine rings is 1. The molecule has 23 heavy (non-hydrogen) atoms. The Hall–Kier alpha value is -1.69. The van der Waals surface area contributed by atoms with Gasteiger partial charge >= 0.3 is 0 Å². The molecule has 0 aliphatic rings. The SMILES string of the molecule is CCC#Cc1ccc(-c2c(C)c(Cl)cc(C(C)Cl)c2OC)cn1. The molecule has 0 saturated carbocycles. The van der Waals surface area contributed by atoms with Gasteiger partial charge in [-0.15, -0.1) is 11.6 Å². The Balaban J connectivity index is 2.62. The molecular formula is C19H19Cl2NO. The van der Waals surface area contributed by atoms with Gasteiger partial charge in [0.1, 0.15) is 11.4 Å². The fraction of sp³-hybridized carbons (Fsp3) is 0.316. The molecule has 0 aliphatic carbocycles. The van der Waals surface area contributed by atoms with E-state index in [9.17, 15) is 0 Å². The third-order valence-electron chi connectivity index (χ3n) is 3.58. The minimum absolute atomic E-state index is 0.204. The van der Waals surface area contributed by atoms with Crippen LogP contribution < -0.4 is 4.74 Å². The molecule has 0 radical (unpaired) electrons. The summed E-state index contributed by atoms with van der Waals surface area (Å²) in [6.45, 7) is 5.88. The first kappa shape index (κ1) is 17.7. The van der Waals surface area contributed by atoms with Gasteiger partial charge in [-0.2, -0.15) is 0 Å². The fourth-order valence-electron chi connectivity index (χ4n) is 2.40. The molecule has 2 aromatic rings. The third-order valence-corrected chi connectivity index (χ3v) is 4.21. The summed E-state index contributed by atoms with van der Waals surface area (Å²) in [5.41, 5.74) is 4.42. The summed E-state index contributed by atoms with van der Waals surface area (Å²) >= 11 is 12.7. The summed E-state index contributed by atoms with van der Waals surface area (Å²) in [4.78, 5) is 4.41. The van der Waals surface area contributed by atoms with E-state index >= 15 is 0 Å².